The zero-order valence-electron chi connectivity index (χ0n) is 14.0. The molecular formula is C18H20N4OS. The fourth-order valence-corrected chi connectivity index (χ4v) is 3.10. The predicted octanol–water partition coefficient (Wildman–Crippen LogP) is 3.14. The average Bonchev–Trinajstić information content (AvgIpc) is 3.22. The van der Waals surface area contributed by atoms with Gasteiger partial charge in [-0.2, -0.15) is 5.10 Å². The third-order valence-electron chi connectivity index (χ3n) is 3.81. The van der Waals surface area contributed by atoms with Crippen molar-refractivity contribution < 1.29 is 4.79 Å². The van der Waals surface area contributed by atoms with Gasteiger partial charge in [0.05, 0.1) is 17.1 Å². The van der Waals surface area contributed by atoms with Gasteiger partial charge >= 0.3 is 0 Å². The Bertz CT molecular complexity index is 837. The first-order valence-corrected chi connectivity index (χ1v) is 8.55. The summed E-state index contributed by atoms with van der Waals surface area (Å²) in [5, 5.41) is 9.51. The Balaban J connectivity index is 1.70. The normalized spacial score (nSPS) is 10.6. The van der Waals surface area contributed by atoms with Crippen LogP contribution < -0.4 is 10.2 Å². The Hall–Kier alpha value is -2.60. The van der Waals surface area contributed by atoms with Gasteiger partial charge in [0.2, 0.25) is 0 Å². The molecule has 0 saturated heterocycles. The van der Waals surface area contributed by atoms with Crippen LogP contribution in [0.25, 0.3) is 10.6 Å². The van der Waals surface area contributed by atoms with Crippen molar-refractivity contribution in [2.45, 2.75) is 6.54 Å². The Morgan fingerprint density at radius 3 is 2.79 bits per heavy atom. The summed E-state index contributed by atoms with van der Waals surface area (Å²) >= 11 is 1.66. The summed E-state index contributed by atoms with van der Waals surface area (Å²) in [5.41, 5.74) is 3.56. The Labute approximate surface area is 145 Å². The van der Waals surface area contributed by atoms with Gasteiger partial charge in [0.1, 0.15) is 5.69 Å². The van der Waals surface area contributed by atoms with Crippen molar-refractivity contribution in [3.05, 3.63) is 59.1 Å². The summed E-state index contributed by atoms with van der Waals surface area (Å²) in [7, 11) is 5.81. The molecule has 0 aliphatic heterocycles. The first kappa shape index (κ1) is 16.3. The lowest BCUT2D eigenvalue weighted by atomic mass is 10.2. The highest BCUT2D eigenvalue weighted by Gasteiger charge is 2.11. The summed E-state index contributed by atoms with van der Waals surface area (Å²) < 4.78 is 1.81. The van der Waals surface area contributed by atoms with Crippen LogP contribution in [0.5, 0.6) is 0 Å². The second-order valence-electron chi connectivity index (χ2n) is 5.75. The lowest BCUT2D eigenvalue weighted by Crippen LogP contribution is -2.24. The van der Waals surface area contributed by atoms with Gasteiger partial charge < -0.3 is 10.2 Å². The first-order valence-electron chi connectivity index (χ1n) is 7.67. The molecule has 0 atom stereocenters. The largest absolute Gasteiger partial charge is 0.378 e. The number of hydrogen-bond acceptors (Lipinski definition) is 4. The molecule has 1 amide bonds. The van der Waals surface area contributed by atoms with Crippen LogP contribution in [0.15, 0.2) is 47.8 Å². The van der Waals surface area contributed by atoms with Crippen LogP contribution in [0, 0.1) is 0 Å². The number of amides is 1. The molecule has 1 N–H and O–H groups in total. The van der Waals surface area contributed by atoms with Crippen LogP contribution in [-0.2, 0) is 13.6 Å². The molecule has 0 unspecified atom stereocenters. The minimum atomic E-state index is -0.0856. The van der Waals surface area contributed by atoms with Crippen LogP contribution >= 0.6 is 11.3 Å². The smallest absolute Gasteiger partial charge is 0.251 e. The van der Waals surface area contributed by atoms with Crippen molar-refractivity contribution in [1.29, 1.82) is 0 Å². The van der Waals surface area contributed by atoms with E-state index in [1.54, 1.807) is 11.3 Å². The van der Waals surface area contributed by atoms with Crippen molar-refractivity contribution in [2.75, 3.05) is 19.0 Å². The number of benzene rings is 1. The summed E-state index contributed by atoms with van der Waals surface area (Å²) in [5.74, 6) is -0.0856. The minimum absolute atomic E-state index is 0.0856. The second kappa shape index (κ2) is 6.88. The number of nitrogens with zero attached hydrogens (tertiary/aromatic N) is 3. The average molecular weight is 340 g/mol. The van der Waals surface area contributed by atoms with Gasteiger partial charge in [-0.1, -0.05) is 12.1 Å². The lowest BCUT2D eigenvalue weighted by molar-refractivity contribution is 0.0950. The number of rotatable bonds is 5. The van der Waals surface area contributed by atoms with Crippen LogP contribution in [0.3, 0.4) is 0 Å². The molecule has 6 heteroatoms. The molecule has 5 nitrogen and oxygen atoms in total. The van der Waals surface area contributed by atoms with E-state index in [2.05, 4.69) is 10.4 Å². The van der Waals surface area contributed by atoms with Crippen molar-refractivity contribution in [1.82, 2.24) is 15.1 Å². The van der Waals surface area contributed by atoms with Crippen molar-refractivity contribution in [3.63, 3.8) is 0 Å². The van der Waals surface area contributed by atoms with Gasteiger partial charge in [-0.3, -0.25) is 9.48 Å². The van der Waals surface area contributed by atoms with Crippen LogP contribution in [0.2, 0.25) is 0 Å². The third kappa shape index (κ3) is 3.49. The topological polar surface area (TPSA) is 50.2 Å². The zero-order valence-corrected chi connectivity index (χ0v) is 14.8. The molecule has 0 radical (unpaired) electrons. The van der Waals surface area contributed by atoms with Gasteiger partial charge in [0, 0.05) is 32.4 Å². The van der Waals surface area contributed by atoms with Crippen molar-refractivity contribution in [3.8, 4) is 10.6 Å². The van der Waals surface area contributed by atoms with Crippen LogP contribution in [0.1, 0.15) is 16.1 Å². The number of anilines is 1. The maximum absolute atomic E-state index is 12.4. The summed E-state index contributed by atoms with van der Waals surface area (Å²) in [6.07, 6.45) is 0. The van der Waals surface area contributed by atoms with Crippen LogP contribution in [-0.4, -0.2) is 29.8 Å². The quantitative estimate of drug-likeness (QED) is 0.776. The summed E-state index contributed by atoms with van der Waals surface area (Å²) in [4.78, 5) is 15.5. The second-order valence-corrected chi connectivity index (χ2v) is 6.70. The van der Waals surface area contributed by atoms with E-state index in [9.17, 15) is 4.79 Å². The predicted molar refractivity (Wildman–Crippen MR) is 98.5 cm³/mol. The fourth-order valence-electron chi connectivity index (χ4n) is 2.41. The van der Waals surface area contributed by atoms with Gasteiger partial charge in [0.15, 0.2) is 0 Å². The van der Waals surface area contributed by atoms with Gasteiger partial charge in [0.25, 0.3) is 5.91 Å². The molecule has 0 aliphatic carbocycles. The van der Waals surface area contributed by atoms with Crippen LogP contribution in [0.4, 0.5) is 5.69 Å². The maximum atomic E-state index is 12.4. The Morgan fingerprint density at radius 1 is 1.25 bits per heavy atom. The monoisotopic (exact) mass is 340 g/mol. The molecule has 3 rings (SSSR count). The molecular weight excluding hydrogens is 320 g/mol. The van der Waals surface area contributed by atoms with Gasteiger partial charge in [-0.05, 0) is 35.7 Å². The maximum Gasteiger partial charge on any atom is 0.251 e. The third-order valence-corrected chi connectivity index (χ3v) is 4.70. The summed E-state index contributed by atoms with van der Waals surface area (Å²) in [6, 6.07) is 13.6. The molecule has 0 bridgehead atoms. The Kier molecular flexibility index (Phi) is 4.66. The highest BCUT2D eigenvalue weighted by atomic mass is 32.1. The number of aromatic nitrogens is 2. The number of nitrogens with one attached hydrogen (secondary N) is 1. The molecule has 124 valence electrons. The SMILES string of the molecule is CN(C)c1cccc(C(=O)NCc2cc(-c3cccs3)nn2C)c1. The number of carbonyl (C=O) groups excluding carboxylic acids is 1. The molecule has 0 spiro atoms. The highest BCUT2D eigenvalue weighted by Crippen LogP contribution is 2.23. The molecule has 2 heterocycles. The van der Waals surface area contributed by atoms with Gasteiger partial charge in [-0.25, -0.2) is 0 Å². The molecule has 3 aromatic rings. The van der Waals surface area contributed by atoms with E-state index in [1.807, 2.05) is 78.6 Å². The van der Waals surface area contributed by atoms with Crippen molar-refractivity contribution >= 4 is 22.9 Å². The standard InChI is InChI=1S/C18H20N4OS/c1-21(2)14-7-4-6-13(10-14)18(23)19-12-15-11-16(20-22(15)3)17-8-5-9-24-17/h4-11H,12H2,1-3H3,(H,19,23). The molecule has 1 aromatic carbocycles. The van der Waals surface area contributed by atoms with E-state index in [0.29, 0.717) is 12.1 Å². The number of aryl methyl sites for hydroxylation is 1. The molecule has 0 saturated carbocycles. The van der Waals surface area contributed by atoms with Crippen molar-refractivity contribution in [2.24, 2.45) is 7.05 Å². The van der Waals surface area contributed by atoms with E-state index in [1.165, 1.54) is 0 Å². The number of hydrogen-bond donors (Lipinski definition) is 1. The zero-order chi connectivity index (χ0) is 17.1. The molecule has 2 aromatic heterocycles. The van der Waals surface area contributed by atoms with E-state index >= 15 is 0 Å². The molecule has 0 aliphatic rings. The first-order chi connectivity index (χ1) is 11.5. The lowest BCUT2D eigenvalue weighted by Gasteiger charge is -2.13. The molecule has 0 fully saturated rings. The van der Waals surface area contributed by atoms with E-state index in [0.717, 1.165) is 22.0 Å². The highest BCUT2D eigenvalue weighted by molar-refractivity contribution is 7.13. The van der Waals surface area contributed by atoms with E-state index in [-0.39, 0.29) is 5.91 Å². The fraction of sp³-hybridized carbons (Fsp3) is 0.222. The Morgan fingerprint density at radius 2 is 2.08 bits per heavy atom. The number of carbonyl (C=O) groups is 1. The van der Waals surface area contributed by atoms with E-state index < -0.39 is 0 Å². The molecule has 24 heavy (non-hydrogen) atoms. The van der Waals surface area contributed by atoms with E-state index in [4.69, 9.17) is 0 Å². The summed E-state index contributed by atoms with van der Waals surface area (Å²) in [6.45, 7) is 0.444. The number of thiophene rings is 1. The van der Waals surface area contributed by atoms with Gasteiger partial charge in [-0.15, -0.1) is 11.3 Å². The minimum Gasteiger partial charge on any atom is -0.378 e.